The minimum absolute atomic E-state index is 0.187. The highest BCUT2D eigenvalue weighted by Crippen LogP contribution is 2.28. The Morgan fingerprint density at radius 1 is 1.05 bits per heavy atom. The van der Waals surface area contributed by atoms with E-state index in [2.05, 4.69) is 4.98 Å². The highest BCUT2D eigenvalue weighted by atomic mass is 32.2. The summed E-state index contributed by atoms with van der Waals surface area (Å²) in [6.45, 7) is 0. The molecule has 0 bridgehead atoms. The Morgan fingerprint density at radius 2 is 1.81 bits per heavy atom. The molecule has 0 aliphatic heterocycles. The standard InChI is InChI=1S/C17H15FN2S/c18-15-7-3-4-8-17(15)21-11-16(19)14-10-20-9-12-5-1-2-6-13(12)14/h1-10,16H,11,19H2. The number of thioether (sulfide) groups is 1. The maximum atomic E-state index is 13.6. The van der Waals surface area contributed by atoms with Crippen LogP contribution in [0.25, 0.3) is 10.8 Å². The van der Waals surface area contributed by atoms with E-state index in [1.54, 1.807) is 18.3 Å². The molecule has 0 amide bonds. The van der Waals surface area contributed by atoms with E-state index in [9.17, 15) is 4.39 Å². The highest BCUT2D eigenvalue weighted by molar-refractivity contribution is 7.99. The third-order valence-corrected chi connectivity index (χ3v) is 4.52. The molecule has 0 aliphatic carbocycles. The van der Waals surface area contributed by atoms with Gasteiger partial charge in [-0.15, -0.1) is 11.8 Å². The fraction of sp³-hybridized carbons (Fsp3) is 0.118. The molecule has 21 heavy (non-hydrogen) atoms. The lowest BCUT2D eigenvalue weighted by Gasteiger charge is -2.14. The van der Waals surface area contributed by atoms with Crippen LogP contribution < -0.4 is 5.73 Å². The lowest BCUT2D eigenvalue weighted by molar-refractivity contribution is 0.602. The molecule has 1 heterocycles. The molecule has 0 radical (unpaired) electrons. The summed E-state index contributed by atoms with van der Waals surface area (Å²) >= 11 is 1.43. The van der Waals surface area contributed by atoms with Crippen molar-refractivity contribution in [3.8, 4) is 0 Å². The number of fused-ring (bicyclic) bond motifs is 1. The van der Waals surface area contributed by atoms with E-state index in [1.165, 1.54) is 17.8 Å². The number of aromatic nitrogens is 1. The molecule has 106 valence electrons. The second-order valence-corrected chi connectivity index (χ2v) is 5.86. The predicted molar refractivity (Wildman–Crippen MR) is 85.8 cm³/mol. The van der Waals surface area contributed by atoms with Crippen LogP contribution in [0.2, 0.25) is 0 Å². The lowest BCUT2D eigenvalue weighted by atomic mass is 10.0. The van der Waals surface area contributed by atoms with Crippen molar-refractivity contribution in [2.24, 2.45) is 5.73 Å². The molecule has 2 aromatic carbocycles. The summed E-state index contributed by atoms with van der Waals surface area (Å²) < 4.78 is 13.6. The number of pyridine rings is 1. The van der Waals surface area contributed by atoms with Gasteiger partial charge in [0.1, 0.15) is 5.82 Å². The van der Waals surface area contributed by atoms with Gasteiger partial charge in [0.2, 0.25) is 0 Å². The van der Waals surface area contributed by atoms with Crippen LogP contribution in [0.5, 0.6) is 0 Å². The molecule has 3 aromatic rings. The van der Waals surface area contributed by atoms with E-state index in [0.29, 0.717) is 10.6 Å². The van der Waals surface area contributed by atoms with E-state index in [0.717, 1.165) is 16.3 Å². The maximum absolute atomic E-state index is 13.6. The second kappa shape index (κ2) is 6.24. The zero-order valence-electron chi connectivity index (χ0n) is 11.4. The molecule has 0 aliphatic rings. The third kappa shape index (κ3) is 3.06. The molecule has 2 nitrogen and oxygen atoms in total. The molecule has 0 saturated carbocycles. The minimum Gasteiger partial charge on any atom is -0.323 e. The Bertz CT molecular complexity index is 755. The van der Waals surface area contributed by atoms with Gasteiger partial charge in [-0.25, -0.2) is 4.39 Å². The Morgan fingerprint density at radius 3 is 2.67 bits per heavy atom. The average Bonchev–Trinajstić information content (AvgIpc) is 2.53. The van der Waals surface area contributed by atoms with Crippen molar-refractivity contribution in [1.82, 2.24) is 4.98 Å². The average molecular weight is 298 g/mol. The molecule has 1 aromatic heterocycles. The summed E-state index contributed by atoms with van der Waals surface area (Å²) in [6, 6.07) is 14.6. The Balaban J connectivity index is 1.81. The van der Waals surface area contributed by atoms with Crippen molar-refractivity contribution in [2.45, 2.75) is 10.9 Å². The lowest BCUT2D eigenvalue weighted by Crippen LogP contribution is -2.13. The van der Waals surface area contributed by atoms with E-state index in [-0.39, 0.29) is 11.9 Å². The molecule has 1 unspecified atom stereocenters. The first kappa shape index (κ1) is 14.0. The van der Waals surface area contributed by atoms with Gasteiger partial charge in [-0.3, -0.25) is 4.98 Å². The molecule has 4 heteroatoms. The Kier molecular flexibility index (Phi) is 4.18. The van der Waals surface area contributed by atoms with E-state index < -0.39 is 0 Å². The predicted octanol–water partition coefficient (Wildman–Crippen LogP) is 4.17. The molecule has 0 fully saturated rings. The van der Waals surface area contributed by atoms with E-state index in [4.69, 9.17) is 5.73 Å². The first-order chi connectivity index (χ1) is 10.3. The van der Waals surface area contributed by atoms with Crippen LogP contribution in [0, 0.1) is 5.82 Å². The molecular weight excluding hydrogens is 283 g/mol. The topological polar surface area (TPSA) is 38.9 Å². The van der Waals surface area contributed by atoms with Crippen LogP contribution in [-0.4, -0.2) is 10.7 Å². The first-order valence-corrected chi connectivity index (χ1v) is 7.70. The molecule has 2 N–H and O–H groups in total. The van der Waals surface area contributed by atoms with E-state index >= 15 is 0 Å². The van der Waals surface area contributed by atoms with Crippen molar-refractivity contribution in [1.29, 1.82) is 0 Å². The maximum Gasteiger partial charge on any atom is 0.136 e. The fourth-order valence-electron chi connectivity index (χ4n) is 2.27. The van der Waals surface area contributed by atoms with Crippen LogP contribution in [0.3, 0.4) is 0 Å². The van der Waals surface area contributed by atoms with E-state index in [1.807, 2.05) is 36.5 Å². The smallest absolute Gasteiger partial charge is 0.136 e. The number of halogens is 1. The summed E-state index contributed by atoms with van der Waals surface area (Å²) in [5.41, 5.74) is 7.27. The first-order valence-electron chi connectivity index (χ1n) is 6.71. The molecular formula is C17H15FN2S. The van der Waals surface area contributed by atoms with Crippen LogP contribution in [0.15, 0.2) is 65.8 Å². The van der Waals surface area contributed by atoms with Gasteiger partial charge in [-0.05, 0) is 23.1 Å². The summed E-state index contributed by atoms with van der Waals surface area (Å²) in [7, 11) is 0. The van der Waals surface area contributed by atoms with Gasteiger partial charge in [0.05, 0.1) is 0 Å². The Labute approximate surface area is 127 Å². The van der Waals surface area contributed by atoms with Crippen LogP contribution >= 0.6 is 11.8 Å². The van der Waals surface area contributed by atoms with Crippen LogP contribution in [0.4, 0.5) is 4.39 Å². The highest BCUT2D eigenvalue weighted by Gasteiger charge is 2.12. The van der Waals surface area contributed by atoms with Crippen LogP contribution in [0.1, 0.15) is 11.6 Å². The number of benzene rings is 2. The van der Waals surface area contributed by atoms with Gasteiger partial charge >= 0.3 is 0 Å². The molecule has 1 atom stereocenters. The normalized spacial score (nSPS) is 12.5. The summed E-state index contributed by atoms with van der Waals surface area (Å²) in [5.74, 6) is 0.405. The summed E-state index contributed by atoms with van der Waals surface area (Å²) in [6.07, 6.45) is 3.63. The van der Waals surface area contributed by atoms with Crippen molar-refractivity contribution >= 4 is 22.5 Å². The van der Waals surface area contributed by atoms with Gasteiger partial charge in [0.15, 0.2) is 0 Å². The molecule has 0 spiro atoms. The number of nitrogens with zero attached hydrogens (tertiary/aromatic N) is 1. The number of nitrogens with two attached hydrogens (primary N) is 1. The zero-order valence-corrected chi connectivity index (χ0v) is 12.2. The summed E-state index contributed by atoms with van der Waals surface area (Å²) in [4.78, 5) is 4.87. The van der Waals surface area contributed by atoms with Gasteiger partial charge in [-0.2, -0.15) is 0 Å². The van der Waals surface area contributed by atoms with Crippen LogP contribution in [-0.2, 0) is 0 Å². The molecule has 0 saturated heterocycles. The zero-order chi connectivity index (χ0) is 14.7. The summed E-state index contributed by atoms with van der Waals surface area (Å²) in [5, 5.41) is 2.18. The quantitative estimate of drug-likeness (QED) is 0.735. The number of hydrogen-bond acceptors (Lipinski definition) is 3. The Hall–Kier alpha value is -1.91. The SMILES string of the molecule is NC(CSc1ccccc1F)c1cncc2ccccc12. The fourth-order valence-corrected chi connectivity index (χ4v) is 3.19. The second-order valence-electron chi connectivity index (χ2n) is 4.80. The van der Waals surface area contributed by atoms with Gasteiger partial charge in [-0.1, -0.05) is 36.4 Å². The molecule has 3 rings (SSSR count). The monoisotopic (exact) mass is 298 g/mol. The van der Waals surface area contributed by atoms with Gasteiger partial charge in [0.25, 0.3) is 0 Å². The van der Waals surface area contributed by atoms with Crippen molar-refractivity contribution in [3.05, 3.63) is 72.3 Å². The third-order valence-electron chi connectivity index (χ3n) is 3.35. The minimum atomic E-state index is -0.203. The number of rotatable bonds is 4. The van der Waals surface area contributed by atoms with Crippen molar-refractivity contribution in [3.63, 3.8) is 0 Å². The van der Waals surface area contributed by atoms with Gasteiger partial charge in [0, 0.05) is 34.5 Å². The number of hydrogen-bond donors (Lipinski definition) is 1. The van der Waals surface area contributed by atoms with Crippen molar-refractivity contribution < 1.29 is 4.39 Å². The van der Waals surface area contributed by atoms with Gasteiger partial charge < -0.3 is 5.73 Å². The largest absolute Gasteiger partial charge is 0.323 e. The van der Waals surface area contributed by atoms with Crippen molar-refractivity contribution in [2.75, 3.05) is 5.75 Å².